The highest BCUT2D eigenvalue weighted by molar-refractivity contribution is 5.75. The number of methoxy groups -OCH3 is 1. The van der Waals surface area contributed by atoms with Crippen LogP contribution in [-0.2, 0) is 9.53 Å². The largest absolute Gasteiger partial charge is 0.467 e. The van der Waals surface area contributed by atoms with Gasteiger partial charge < -0.3 is 15.6 Å². The lowest BCUT2D eigenvalue weighted by atomic mass is 9.91. The molecule has 0 aliphatic heterocycles. The molecule has 2 atom stereocenters. The summed E-state index contributed by atoms with van der Waals surface area (Å²) in [4.78, 5) is 10.9. The van der Waals surface area contributed by atoms with E-state index < -0.39 is 17.6 Å². The minimum atomic E-state index is -1.23. The van der Waals surface area contributed by atoms with Gasteiger partial charge in [0.05, 0.1) is 7.11 Å². The number of hydrogen-bond acceptors (Lipinski definition) is 4. The second-order valence-corrected chi connectivity index (χ2v) is 3.18. The Bertz CT molecular complexity index is 156. The van der Waals surface area contributed by atoms with Crippen LogP contribution in [0.5, 0.6) is 0 Å². The highest BCUT2D eigenvalue weighted by Gasteiger charge is 2.33. The molecular weight excluding hydrogens is 158 g/mol. The predicted molar refractivity (Wildman–Crippen MR) is 45.5 cm³/mol. The van der Waals surface area contributed by atoms with Crippen molar-refractivity contribution in [2.24, 2.45) is 5.73 Å². The van der Waals surface area contributed by atoms with Crippen LogP contribution >= 0.6 is 0 Å². The summed E-state index contributed by atoms with van der Waals surface area (Å²) < 4.78 is 4.38. The molecule has 2 unspecified atom stereocenters. The number of rotatable bonds is 4. The molecule has 0 aliphatic rings. The quantitative estimate of drug-likeness (QED) is 0.592. The first-order valence-corrected chi connectivity index (χ1v) is 4.00. The summed E-state index contributed by atoms with van der Waals surface area (Å²) >= 11 is 0. The molecule has 0 spiro atoms. The van der Waals surface area contributed by atoms with Crippen molar-refractivity contribution < 1.29 is 14.6 Å². The minimum Gasteiger partial charge on any atom is -0.467 e. The number of aliphatic hydroxyl groups excluding tert-OH is 1. The fraction of sp³-hybridized carbons (Fsp3) is 0.875. The lowest BCUT2D eigenvalue weighted by Crippen LogP contribution is -2.52. The highest BCUT2D eigenvalue weighted by Crippen LogP contribution is 2.14. The van der Waals surface area contributed by atoms with E-state index in [1.165, 1.54) is 7.11 Å². The molecule has 0 aromatic carbocycles. The summed E-state index contributed by atoms with van der Waals surface area (Å²) in [5, 5.41) is 9.38. The van der Waals surface area contributed by atoms with Crippen LogP contribution in [-0.4, -0.2) is 29.8 Å². The number of hydrogen-bond donors (Lipinski definition) is 2. The van der Waals surface area contributed by atoms with Gasteiger partial charge in [-0.3, -0.25) is 0 Å². The van der Waals surface area contributed by atoms with Crippen LogP contribution in [0, 0.1) is 0 Å². The van der Waals surface area contributed by atoms with Crippen molar-refractivity contribution in [1.82, 2.24) is 0 Å². The van der Waals surface area contributed by atoms with Crippen LogP contribution in [0.1, 0.15) is 26.7 Å². The van der Waals surface area contributed by atoms with Crippen molar-refractivity contribution in [2.75, 3.05) is 7.11 Å². The van der Waals surface area contributed by atoms with Gasteiger partial charge in [-0.15, -0.1) is 0 Å². The molecule has 0 fully saturated rings. The maximum atomic E-state index is 10.9. The molecule has 0 saturated heterocycles. The Kier molecular flexibility index (Phi) is 4.20. The molecule has 0 bridgehead atoms. The third-order valence-electron chi connectivity index (χ3n) is 1.84. The summed E-state index contributed by atoms with van der Waals surface area (Å²) in [6.45, 7) is 3.58. The molecule has 3 N–H and O–H groups in total. The van der Waals surface area contributed by atoms with Gasteiger partial charge in [-0.1, -0.05) is 13.3 Å². The highest BCUT2D eigenvalue weighted by atomic mass is 16.5. The molecule has 0 heterocycles. The van der Waals surface area contributed by atoms with E-state index in [2.05, 4.69) is 4.74 Å². The van der Waals surface area contributed by atoms with Crippen molar-refractivity contribution in [2.45, 2.75) is 38.3 Å². The Morgan fingerprint density at radius 2 is 2.25 bits per heavy atom. The molecule has 4 heteroatoms. The average molecular weight is 175 g/mol. The third kappa shape index (κ3) is 2.79. The lowest BCUT2D eigenvalue weighted by Gasteiger charge is -2.27. The summed E-state index contributed by atoms with van der Waals surface area (Å²) in [5.41, 5.74) is 4.81. The van der Waals surface area contributed by atoms with Gasteiger partial charge in [-0.25, -0.2) is 4.79 Å². The molecule has 12 heavy (non-hydrogen) atoms. The van der Waals surface area contributed by atoms with Crippen molar-refractivity contribution in [3.8, 4) is 0 Å². The standard InChI is InChI=1S/C8H17NO3/c1-4-5-8(2,9)6(10)7(11)12-3/h6,10H,4-5,9H2,1-3H3. The predicted octanol–water partition coefficient (Wildman–Crippen LogP) is 0.0378. The van der Waals surface area contributed by atoms with Crippen LogP contribution in [0.2, 0.25) is 0 Å². The van der Waals surface area contributed by atoms with E-state index in [0.717, 1.165) is 6.42 Å². The second kappa shape index (κ2) is 4.42. The van der Waals surface area contributed by atoms with E-state index in [0.29, 0.717) is 6.42 Å². The van der Waals surface area contributed by atoms with Crippen molar-refractivity contribution >= 4 is 5.97 Å². The van der Waals surface area contributed by atoms with Crippen LogP contribution < -0.4 is 5.73 Å². The average Bonchev–Trinajstić information content (AvgIpc) is 2.01. The van der Waals surface area contributed by atoms with E-state index in [-0.39, 0.29) is 0 Å². The van der Waals surface area contributed by atoms with Gasteiger partial charge in [0.15, 0.2) is 6.10 Å². The Hall–Kier alpha value is -0.610. The SMILES string of the molecule is CCCC(C)(N)C(O)C(=O)OC. The smallest absolute Gasteiger partial charge is 0.336 e. The van der Waals surface area contributed by atoms with Crippen molar-refractivity contribution in [1.29, 1.82) is 0 Å². The number of nitrogens with two attached hydrogens (primary N) is 1. The fourth-order valence-electron chi connectivity index (χ4n) is 1.06. The molecule has 0 rings (SSSR count). The Morgan fingerprint density at radius 1 is 1.75 bits per heavy atom. The molecule has 0 aromatic heterocycles. The lowest BCUT2D eigenvalue weighted by molar-refractivity contribution is -0.154. The van der Waals surface area contributed by atoms with E-state index in [1.807, 2.05) is 6.92 Å². The first-order valence-electron chi connectivity index (χ1n) is 4.00. The Morgan fingerprint density at radius 3 is 2.58 bits per heavy atom. The Balaban J connectivity index is 4.23. The number of carbonyl (C=O) groups excluding carboxylic acids is 1. The van der Waals surface area contributed by atoms with Gasteiger partial charge >= 0.3 is 5.97 Å². The molecule has 0 aromatic rings. The van der Waals surface area contributed by atoms with Crippen LogP contribution in [0.3, 0.4) is 0 Å². The van der Waals surface area contributed by atoms with Gasteiger partial charge in [0.1, 0.15) is 0 Å². The first-order chi connectivity index (χ1) is 5.45. The summed E-state index contributed by atoms with van der Waals surface area (Å²) in [5.74, 6) is -0.673. The molecule has 0 amide bonds. The zero-order chi connectivity index (χ0) is 9.78. The maximum absolute atomic E-state index is 10.9. The molecule has 72 valence electrons. The minimum absolute atomic E-state index is 0.587. The zero-order valence-corrected chi connectivity index (χ0v) is 7.83. The van der Waals surface area contributed by atoms with Gasteiger partial charge in [-0.2, -0.15) is 0 Å². The number of ether oxygens (including phenoxy) is 1. The number of esters is 1. The summed E-state index contributed by atoms with van der Waals surface area (Å²) in [6, 6.07) is 0. The van der Waals surface area contributed by atoms with Gasteiger partial charge in [0, 0.05) is 5.54 Å². The van der Waals surface area contributed by atoms with Crippen LogP contribution in [0.4, 0.5) is 0 Å². The second-order valence-electron chi connectivity index (χ2n) is 3.18. The summed E-state index contributed by atoms with van der Waals surface area (Å²) in [7, 11) is 1.23. The first kappa shape index (κ1) is 11.4. The number of carbonyl (C=O) groups is 1. The third-order valence-corrected chi connectivity index (χ3v) is 1.84. The summed E-state index contributed by atoms with van der Waals surface area (Å²) in [6.07, 6.45) is 0.173. The molecule has 0 aliphatic carbocycles. The van der Waals surface area contributed by atoms with E-state index >= 15 is 0 Å². The molecule has 0 radical (unpaired) electrons. The zero-order valence-electron chi connectivity index (χ0n) is 7.83. The maximum Gasteiger partial charge on any atom is 0.336 e. The Labute approximate surface area is 72.7 Å². The van der Waals surface area contributed by atoms with Gasteiger partial charge in [0.25, 0.3) is 0 Å². The number of aliphatic hydroxyl groups is 1. The molecule has 0 saturated carbocycles. The fourth-order valence-corrected chi connectivity index (χ4v) is 1.06. The van der Waals surface area contributed by atoms with Crippen LogP contribution in [0.15, 0.2) is 0 Å². The topological polar surface area (TPSA) is 72.5 Å². The van der Waals surface area contributed by atoms with Gasteiger partial charge in [-0.05, 0) is 13.3 Å². The monoisotopic (exact) mass is 175 g/mol. The molecule has 4 nitrogen and oxygen atoms in total. The van der Waals surface area contributed by atoms with Crippen molar-refractivity contribution in [3.63, 3.8) is 0 Å². The van der Waals surface area contributed by atoms with Crippen molar-refractivity contribution in [3.05, 3.63) is 0 Å². The molecular formula is C8H17NO3. The van der Waals surface area contributed by atoms with E-state index in [1.54, 1.807) is 6.92 Å². The van der Waals surface area contributed by atoms with Gasteiger partial charge in [0.2, 0.25) is 0 Å². The van der Waals surface area contributed by atoms with E-state index in [9.17, 15) is 9.90 Å². The van der Waals surface area contributed by atoms with Crippen LogP contribution in [0.25, 0.3) is 0 Å². The normalized spacial score (nSPS) is 18.1. The van der Waals surface area contributed by atoms with E-state index in [4.69, 9.17) is 5.73 Å².